The van der Waals surface area contributed by atoms with Crippen LogP contribution in [0.4, 0.5) is 11.4 Å². The van der Waals surface area contributed by atoms with Crippen molar-refractivity contribution < 1.29 is 9.59 Å². The van der Waals surface area contributed by atoms with Gasteiger partial charge in [-0.15, -0.1) is 0 Å². The van der Waals surface area contributed by atoms with Gasteiger partial charge in [-0.2, -0.15) is 0 Å². The number of benzene rings is 1. The van der Waals surface area contributed by atoms with Crippen LogP contribution in [0, 0.1) is 0 Å². The van der Waals surface area contributed by atoms with Gasteiger partial charge >= 0.3 is 0 Å². The van der Waals surface area contributed by atoms with E-state index in [1.54, 1.807) is 28.9 Å². The molecule has 3 aromatic rings. The molecule has 5 rings (SSSR count). The lowest BCUT2D eigenvalue weighted by atomic mass is 10.0. The molecule has 1 aromatic carbocycles. The molecule has 26 heavy (non-hydrogen) atoms. The number of aryl methyl sites for hydroxylation is 1. The first kappa shape index (κ1) is 14.9. The van der Waals surface area contributed by atoms with Crippen molar-refractivity contribution in [2.45, 2.75) is 18.9 Å². The Morgan fingerprint density at radius 2 is 2.00 bits per heavy atom. The second-order valence-electron chi connectivity index (χ2n) is 6.76. The summed E-state index contributed by atoms with van der Waals surface area (Å²) in [5, 5.41) is 3.72. The number of carbonyl (C=O) groups is 2. The summed E-state index contributed by atoms with van der Waals surface area (Å²) in [7, 11) is 1.71. The van der Waals surface area contributed by atoms with Crippen LogP contribution in [0.1, 0.15) is 12.8 Å². The van der Waals surface area contributed by atoms with Gasteiger partial charge in [0, 0.05) is 36.8 Å². The summed E-state index contributed by atoms with van der Waals surface area (Å²) >= 11 is 0. The van der Waals surface area contributed by atoms with Crippen molar-refractivity contribution in [3.8, 4) is 11.1 Å². The molecule has 2 N–H and O–H groups in total. The van der Waals surface area contributed by atoms with Gasteiger partial charge in [-0.05, 0) is 30.2 Å². The van der Waals surface area contributed by atoms with Crippen molar-refractivity contribution in [3.63, 3.8) is 0 Å². The monoisotopic (exact) mass is 348 g/mol. The lowest BCUT2D eigenvalue weighted by Crippen LogP contribution is -2.45. The Morgan fingerprint density at radius 3 is 2.85 bits per heavy atom. The minimum atomic E-state index is -0.433. The molecule has 0 aliphatic carbocycles. The van der Waals surface area contributed by atoms with Gasteiger partial charge in [0.1, 0.15) is 11.6 Å². The molecule has 0 radical (unpaired) electrons. The number of hydrogen-bond acceptors (Lipinski definition) is 3. The van der Waals surface area contributed by atoms with Crippen LogP contribution in [0.3, 0.4) is 0 Å². The molecule has 2 aliphatic rings. The molecule has 130 valence electrons. The Morgan fingerprint density at radius 1 is 1.15 bits per heavy atom. The number of amides is 2. The van der Waals surface area contributed by atoms with E-state index >= 15 is 0 Å². The maximum Gasteiger partial charge on any atom is 0.274 e. The number of pyridine rings is 1. The second kappa shape index (κ2) is 5.08. The largest absolute Gasteiger partial charge is 0.357 e. The van der Waals surface area contributed by atoms with E-state index in [9.17, 15) is 14.4 Å². The van der Waals surface area contributed by atoms with Crippen LogP contribution in [0.15, 0.2) is 41.5 Å². The van der Waals surface area contributed by atoms with Crippen molar-refractivity contribution in [2.24, 2.45) is 7.05 Å². The average Bonchev–Trinajstić information content (AvgIpc) is 3.26. The van der Waals surface area contributed by atoms with E-state index < -0.39 is 6.04 Å². The van der Waals surface area contributed by atoms with Gasteiger partial charge in [0.05, 0.1) is 11.4 Å². The highest BCUT2D eigenvalue weighted by Gasteiger charge is 2.41. The van der Waals surface area contributed by atoms with Crippen molar-refractivity contribution >= 4 is 34.1 Å². The van der Waals surface area contributed by atoms with Crippen molar-refractivity contribution in [1.29, 1.82) is 0 Å². The van der Waals surface area contributed by atoms with Crippen molar-refractivity contribution in [2.75, 3.05) is 10.2 Å². The molecule has 0 spiro atoms. The normalized spacial score (nSPS) is 18.8. The van der Waals surface area contributed by atoms with Gasteiger partial charge in [-0.25, -0.2) is 0 Å². The fraction of sp³-hybridized carbons (Fsp3) is 0.211. The van der Waals surface area contributed by atoms with E-state index in [4.69, 9.17) is 0 Å². The van der Waals surface area contributed by atoms with Crippen LogP contribution in [-0.4, -0.2) is 27.4 Å². The van der Waals surface area contributed by atoms with Crippen LogP contribution in [0.5, 0.6) is 0 Å². The number of fused-ring (bicyclic) bond motifs is 4. The number of rotatable bonds is 1. The van der Waals surface area contributed by atoms with E-state index in [-0.39, 0.29) is 17.4 Å². The Bertz CT molecular complexity index is 1160. The number of aromatic nitrogens is 2. The van der Waals surface area contributed by atoms with E-state index in [1.807, 2.05) is 24.3 Å². The summed E-state index contributed by atoms with van der Waals surface area (Å²) in [5.41, 5.74) is 3.59. The summed E-state index contributed by atoms with van der Waals surface area (Å²) in [6, 6.07) is 7.06. The number of hydrogen-bond donors (Lipinski definition) is 2. The Balaban J connectivity index is 1.73. The maximum atomic E-state index is 12.3. The molecule has 7 heteroatoms. The van der Waals surface area contributed by atoms with Crippen molar-refractivity contribution in [3.05, 3.63) is 47.0 Å². The lowest BCUT2D eigenvalue weighted by Gasteiger charge is -2.31. The standard InChI is InChI=1S/C19H16N4O3/c1-22-9-12(11-6-7-20-17(11)19(22)26)10-2-3-13-15(8-10)23-14(18(25)21-13)4-5-16(23)24/h2-3,6-9,14,20H,4-5H2,1H3,(H,21,25). The first-order valence-electron chi connectivity index (χ1n) is 8.48. The van der Waals surface area contributed by atoms with Crippen LogP contribution in [0.2, 0.25) is 0 Å². The van der Waals surface area contributed by atoms with Crippen LogP contribution >= 0.6 is 0 Å². The third-order valence-electron chi connectivity index (χ3n) is 5.23. The molecule has 2 amide bonds. The first-order valence-corrected chi connectivity index (χ1v) is 8.48. The molecule has 2 aliphatic heterocycles. The minimum Gasteiger partial charge on any atom is -0.357 e. The molecule has 1 atom stereocenters. The highest BCUT2D eigenvalue weighted by molar-refractivity contribution is 6.14. The molecule has 1 saturated heterocycles. The molecule has 4 heterocycles. The minimum absolute atomic E-state index is 0.0319. The van der Waals surface area contributed by atoms with E-state index in [0.29, 0.717) is 29.7 Å². The molecule has 1 fully saturated rings. The third kappa shape index (κ3) is 1.91. The number of carbonyl (C=O) groups excluding carboxylic acids is 2. The molecule has 2 aromatic heterocycles. The van der Waals surface area contributed by atoms with Crippen LogP contribution < -0.4 is 15.8 Å². The van der Waals surface area contributed by atoms with E-state index in [0.717, 1.165) is 16.5 Å². The van der Waals surface area contributed by atoms with E-state index in [2.05, 4.69) is 10.3 Å². The smallest absolute Gasteiger partial charge is 0.274 e. The molecule has 0 bridgehead atoms. The van der Waals surface area contributed by atoms with Gasteiger partial charge in [0.25, 0.3) is 5.56 Å². The van der Waals surface area contributed by atoms with Gasteiger partial charge in [0.2, 0.25) is 11.8 Å². The number of nitrogens with one attached hydrogen (secondary N) is 2. The summed E-state index contributed by atoms with van der Waals surface area (Å²) in [5.74, 6) is -0.165. The Hall–Kier alpha value is -3.35. The predicted octanol–water partition coefficient (Wildman–Crippen LogP) is 1.98. The van der Waals surface area contributed by atoms with E-state index in [1.165, 1.54) is 0 Å². The molecular weight excluding hydrogens is 332 g/mol. The molecule has 7 nitrogen and oxygen atoms in total. The average molecular weight is 348 g/mol. The van der Waals surface area contributed by atoms with Crippen LogP contribution in [-0.2, 0) is 16.6 Å². The summed E-state index contributed by atoms with van der Waals surface area (Å²) < 4.78 is 1.54. The second-order valence-corrected chi connectivity index (χ2v) is 6.76. The number of aromatic amines is 1. The molecular formula is C19H16N4O3. The lowest BCUT2D eigenvalue weighted by molar-refractivity contribution is -0.120. The quantitative estimate of drug-likeness (QED) is 0.705. The summed E-state index contributed by atoms with van der Waals surface area (Å²) in [4.78, 5) is 41.4. The molecule has 0 saturated carbocycles. The van der Waals surface area contributed by atoms with Crippen LogP contribution in [0.25, 0.3) is 22.0 Å². The zero-order valence-electron chi connectivity index (χ0n) is 14.1. The highest BCUT2D eigenvalue weighted by Crippen LogP contribution is 2.40. The Labute approximate surface area is 148 Å². The zero-order chi connectivity index (χ0) is 18.0. The third-order valence-corrected chi connectivity index (χ3v) is 5.23. The first-order chi connectivity index (χ1) is 12.5. The van der Waals surface area contributed by atoms with Gasteiger partial charge in [-0.1, -0.05) is 6.07 Å². The highest BCUT2D eigenvalue weighted by atomic mass is 16.2. The number of nitrogens with zero attached hydrogens (tertiary/aromatic N) is 2. The van der Waals surface area contributed by atoms with Gasteiger partial charge < -0.3 is 14.9 Å². The molecule has 1 unspecified atom stereocenters. The topological polar surface area (TPSA) is 87.2 Å². The Kier molecular flexibility index (Phi) is 2.92. The SMILES string of the molecule is Cn1cc(-c2ccc3c(c2)N2C(=O)CCC2C(=O)N3)c2cc[nH]c2c1=O. The maximum absolute atomic E-state index is 12.3. The fourth-order valence-corrected chi connectivity index (χ4v) is 3.95. The number of H-pyrrole nitrogens is 1. The zero-order valence-corrected chi connectivity index (χ0v) is 14.1. The van der Waals surface area contributed by atoms with Gasteiger partial charge in [-0.3, -0.25) is 19.3 Å². The summed E-state index contributed by atoms with van der Waals surface area (Å²) in [6.45, 7) is 0. The fourth-order valence-electron chi connectivity index (χ4n) is 3.95. The van der Waals surface area contributed by atoms with Crippen molar-refractivity contribution in [1.82, 2.24) is 9.55 Å². The number of anilines is 2. The van der Waals surface area contributed by atoms with Gasteiger partial charge in [0.15, 0.2) is 0 Å². The summed E-state index contributed by atoms with van der Waals surface area (Å²) in [6.07, 6.45) is 4.46. The predicted molar refractivity (Wildman–Crippen MR) is 98.1 cm³/mol.